The van der Waals surface area contributed by atoms with Crippen molar-refractivity contribution in [2.45, 2.75) is 37.6 Å². The predicted molar refractivity (Wildman–Crippen MR) is 98.4 cm³/mol. The molecule has 0 aromatic carbocycles. The summed E-state index contributed by atoms with van der Waals surface area (Å²) in [6, 6.07) is 3.10. The van der Waals surface area contributed by atoms with Crippen molar-refractivity contribution in [3.63, 3.8) is 0 Å². The van der Waals surface area contributed by atoms with Crippen LogP contribution < -0.4 is 0 Å². The first-order valence-electron chi connectivity index (χ1n) is 9.22. The van der Waals surface area contributed by atoms with Gasteiger partial charge in [-0.15, -0.1) is 0 Å². The van der Waals surface area contributed by atoms with Crippen LogP contribution in [0.2, 0.25) is 5.02 Å². The summed E-state index contributed by atoms with van der Waals surface area (Å²) in [6.45, 7) is 0.472. The van der Waals surface area contributed by atoms with Crippen LogP contribution in [0.25, 0.3) is 11.5 Å². The van der Waals surface area contributed by atoms with Crippen molar-refractivity contribution >= 4 is 17.5 Å². The van der Waals surface area contributed by atoms with Gasteiger partial charge in [0.15, 0.2) is 0 Å². The molecule has 0 radical (unpaired) electrons. The monoisotopic (exact) mass is 401 g/mol. The fourth-order valence-corrected chi connectivity index (χ4v) is 4.28. The molecule has 1 saturated heterocycles. The number of aromatic nitrogens is 4. The van der Waals surface area contributed by atoms with E-state index in [9.17, 15) is 9.18 Å². The average Bonchev–Trinajstić information content (AvgIpc) is 3.32. The molecule has 9 heteroatoms. The number of nitrogens with one attached hydrogen (secondary N) is 1. The van der Waals surface area contributed by atoms with Crippen LogP contribution in [0, 0.1) is 5.95 Å². The number of pyridine rings is 1. The fourth-order valence-electron chi connectivity index (χ4n) is 4.12. The number of amides is 1. The molecule has 7 nitrogen and oxygen atoms in total. The number of hydrogen-bond donors (Lipinski definition) is 1. The predicted octanol–water partition coefficient (Wildman–Crippen LogP) is 3.59. The van der Waals surface area contributed by atoms with Gasteiger partial charge in [-0.3, -0.25) is 4.79 Å². The summed E-state index contributed by atoms with van der Waals surface area (Å²) >= 11 is 5.93. The van der Waals surface area contributed by atoms with E-state index < -0.39 is 5.95 Å². The van der Waals surface area contributed by atoms with Crippen molar-refractivity contribution in [3.8, 4) is 11.5 Å². The molecule has 0 unspecified atom stereocenters. The number of piperidine rings is 1. The van der Waals surface area contributed by atoms with Crippen molar-refractivity contribution in [3.05, 3.63) is 52.5 Å². The first kappa shape index (κ1) is 17.4. The summed E-state index contributed by atoms with van der Waals surface area (Å²) in [6.07, 6.45) is 6.38. The van der Waals surface area contributed by atoms with E-state index in [0.717, 1.165) is 31.2 Å². The van der Waals surface area contributed by atoms with Crippen LogP contribution in [0.5, 0.6) is 0 Å². The van der Waals surface area contributed by atoms with Gasteiger partial charge in [-0.05, 0) is 37.3 Å². The molecule has 3 aromatic heterocycles. The molecule has 5 heterocycles. The first-order valence-corrected chi connectivity index (χ1v) is 9.59. The number of H-pyrrole nitrogens is 1. The summed E-state index contributed by atoms with van der Waals surface area (Å²) in [5, 5.41) is 4.59. The lowest BCUT2D eigenvalue weighted by Gasteiger charge is -2.37. The number of hydrogen-bond acceptors (Lipinski definition) is 5. The number of rotatable bonds is 2. The van der Waals surface area contributed by atoms with Crippen LogP contribution in [-0.4, -0.2) is 43.5 Å². The topological polar surface area (TPSA) is 87.9 Å². The molecule has 0 saturated carbocycles. The summed E-state index contributed by atoms with van der Waals surface area (Å²) < 4.78 is 19.1. The average molecular weight is 402 g/mol. The Hall–Kier alpha value is -2.74. The molecule has 5 rings (SSSR count). The van der Waals surface area contributed by atoms with Gasteiger partial charge in [0.2, 0.25) is 17.7 Å². The van der Waals surface area contributed by atoms with Gasteiger partial charge in [-0.1, -0.05) is 16.8 Å². The maximum absolute atomic E-state index is 13.6. The highest BCUT2D eigenvalue weighted by Crippen LogP contribution is 2.35. The highest BCUT2D eigenvalue weighted by molar-refractivity contribution is 6.30. The summed E-state index contributed by atoms with van der Waals surface area (Å²) in [5.41, 5.74) is 1.89. The van der Waals surface area contributed by atoms with Crippen molar-refractivity contribution in [1.82, 2.24) is 25.0 Å². The van der Waals surface area contributed by atoms with Crippen molar-refractivity contribution in [2.24, 2.45) is 0 Å². The lowest BCUT2D eigenvalue weighted by atomic mass is 9.90. The van der Waals surface area contributed by atoms with Gasteiger partial charge in [-0.25, -0.2) is 4.98 Å². The number of fused-ring (bicyclic) bond motifs is 2. The molecular weight excluding hydrogens is 385 g/mol. The second kappa shape index (κ2) is 6.70. The maximum atomic E-state index is 13.6. The number of halogens is 2. The molecule has 0 aliphatic carbocycles. The third kappa shape index (κ3) is 2.97. The van der Waals surface area contributed by atoms with E-state index in [1.54, 1.807) is 12.3 Å². The maximum Gasteiger partial charge on any atom is 0.254 e. The van der Waals surface area contributed by atoms with Gasteiger partial charge in [0, 0.05) is 36.6 Å². The molecule has 3 aromatic rings. The third-order valence-corrected chi connectivity index (χ3v) is 5.80. The lowest BCUT2D eigenvalue weighted by molar-refractivity contribution is 0.0569. The Labute approximate surface area is 164 Å². The Kier molecular flexibility index (Phi) is 4.16. The largest absolute Gasteiger partial charge is 0.357 e. The minimum absolute atomic E-state index is 0.0554. The quantitative estimate of drug-likeness (QED) is 0.663. The van der Waals surface area contributed by atoms with Crippen LogP contribution >= 0.6 is 11.6 Å². The van der Waals surface area contributed by atoms with Crippen LogP contribution in [0.15, 0.2) is 29.0 Å². The lowest BCUT2D eigenvalue weighted by Crippen LogP contribution is -2.45. The van der Waals surface area contributed by atoms with E-state index in [0.29, 0.717) is 34.5 Å². The zero-order chi connectivity index (χ0) is 19.3. The fraction of sp³-hybridized carbons (Fsp3) is 0.368. The van der Waals surface area contributed by atoms with E-state index in [1.165, 1.54) is 12.3 Å². The molecule has 144 valence electrons. The molecule has 2 aliphatic heterocycles. The number of nitrogens with zero attached hydrogens (tertiary/aromatic N) is 4. The molecule has 2 atom stereocenters. The number of carbonyl (C=O) groups is 1. The standard InChI is InChI=1S/C19H17ClFN5O2/c20-12-5-15(22-8-12)17-24-18(28-25-17)11-2-4-13-3-1-10-7-23-16(21)6-14(10)19(27)26(13)9-11/h5-8,11,13,22H,1-4,9H2/t11-,13-/m1/s1. The molecule has 2 aliphatic rings. The highest BCUT2D eigenvalue weighted by Gasteiger charge is 2.37. The summed E-state index contributed by atoms with van der Waals surface area (Å²) in [5.74, 6) is 0.0897. The molecule has 0 bridgehead atoms. The summed E-state index contributed by atoms with van der Waals surface area (Å²) in [7, 11) is 0. The minimum atomic E-state index is -0.634. The second-order valence-electron chi connectivity index (χ2n) is 7.28. The normalized spacial score (nSPS) is 21.9. The van der Waals surface area contributed by atoms with Gasteiger partial charge in [-0.2, -0.15) is 9.37 Å². The van der Waals surface area contributed by atoms with E-state index in [4.69, 9.17) is 16.1 Å². The SMILES string of the molecule is O=C1c2cc(F)ncc2CC[C@@H]2CC[C@@H](c3nc(-c4cc(Cl)c[nH]4)no3)CN12. The summed E-state index contributed by atoms with van der Waals surface area (Å²) in [4.78, 5) is 26.1. The smallest absolute Gasteiger partial charge is 0.254 e. The van der Waals surface area contributed by atoms with Crippen molar-refractivity contribution < 1.29 is 13.7 Å². The van der Waals surface area contributed by atoms with E-state index in [2.05, 4.69) is 20.1 Å². The Bertz CT molecular complexity index is 1050. The zero-order valence-corrected chi connectivity index (χ0v) is 15.6. The van der Waals surface area contributed by atoms with E-state index in [1.807, 2.05) is 4.90 Å². The molecule has 1 amide bonds. The van der Waals surface area contributed by atoms with Crippen LogP contribution in [0.1, 0.15) is 47.0 Å². The Morgan fingerprint density at radius 2 is 2.18 bits per heavy atom. The van der Waals surface area contributed by atoms with E-state index in [-0.39, 0.29) is 17.9 Å². The van der Waals surface area contributed by atoms with Gasteiger partial charge >= 0.3 is 0 Å². The Morgan fingerprint density at radius 1 is 1.29 bits per heavy atom. The highest BCUT2D eigenvalue weighted by atomic mass is 35.5. The van der Waals surface area contributed by atoms with E-state index >= 15 is 0 Å². The molecule has 1 N–H and O–H groups in total. The number of carbonyl (C=O) groups excluding carboxylic acids is 1. The second-order valence-corrected chi connectivity index (χ2v) is 7.71. The number of aromatic amines is 1. The van der Waals surface area contributed by atoms with Gasteiger partial charge in [0.25, 0.3) is 5.91 Å². The number of aryl methyl sites for hydroxylation is 1. The zero-order valence-electron chi connectivity index (χ0n) is 14.9. The van der Waals surface area contributed by atoms with Gasteiger partial charge in [0.05, 0.1) is 16.6 Å². The third-order valence-electron chi connectivity index (χ3n) is 5.58. The van der Waals surface area contributed by atoms with Gasteiger partial charge < -0.3 is 14.4 Å². The van der Waals surface area contributed by atoms with Crippen LogP contribution in [0.3, 0.4) is 0 Å². The van der Waals surface area contributed by atoms with Crippen LogP contribution in [-0.2, 0) is 6.42 Å². The van der Waals surface area contributed by atoms with Crippen LogP contribution in [0.4, 0.5) is 4.39 Å². The molecular formula is C19H17ClFN5O2. The minimum Gasteiger partial charge on any atom is -0.357 e. The molecule has 1 fully saturated rings. The molecule has 0 spiro atoms. The Morgan fingerprint density at radius 3 is 3.00 bits per heavy atom. The van der Waals surface area contributed by atoms with Crippen molar-refractivity contribution in [2.75, 3.05) is 6.54 Å². The van der Waals surface area contributed by atoms with Crippen molar-refractivity contribution in [1.29, 1.82) is 0 Å². The molecule has 28 heavy (non-hydrogen) atoms. The first-order chi connectivity index (χ1) is 13.6. The van der Waals surface area contributed by atoms with Gasteiger partial charge in [0.1, 0.15) is 0 Å². The Balaban J connectivity index is 1.40.